The lowest BCUT2D eigenvalue weighted by Crippen LogP contribution is -2.39. The summed E-state index contributed by atoms with van der Waals surface area (Å²) in [7, 11) is -3.52. The van der Waals surface area contributed by atoms with E-state index in [1.807, 2.05) is 0 Å². The van der Waals surface area contributed by atoms with E-state index in [1.54, 1.807) is 11.2 Å². The first-order chi connectivity index (χ1) is 10.0. The molecular formula is C15H23NO4S. The van der Waals surface area contributed by atoms with E-state index >= 15 is 0 Å². The fraction of sp³-hybridized carbons (Fsp3) is 0.733. The normalized spacial score (nSPS) is 25.0. The predicted molar refractivity (Wildman–Crippen MR) is 78.2 cm³/mol. The zero-order valence-corrected chi connectivity index (χ0v) is 13.2. The summed E-state index contributed by atoms with van der Waals surface area (Å²) in [5, 5.41) is 9.13. The molecule has 1 aromatic heterocycles. The average molecular weight is 313 g/mol. The molecule has 0 amide bonds. The van der Waals surface area contributed by atoms with Crippen LogP contribution in [0.4, 0.5) is 0 Å². The van der Waals surface area contributed by atoms with Crippen LogP contribution in [0.3, 0.4) is 0 Å². The average Bonchev–Trinajstić information content (AvgIpc) is 3.18. The van der Waals surface area contributed by atoms with Crippen molar-refractivity contribution in [2.24, 2.45) is 5.92 Å². The van der Waals surface area contributed by atoms with Gasteiger partial charge in [0.05, 0.1) is 0 Å². The van der Waals surface area contributed by atoms with Crippen molar-refractivity contribution in [3.63, 3.8) is 0 Å². The van der Waals surface area contributed by atoms with Gasteiger partial charge in [-0.05, 0) is 38.5 Å². The SMILES string of the molecule is Cc1oc(CO)cc1S(=O)(=O)N1CCCC1C1CCCC1. The van der Waals surface area contributed by atoms with Crippen molar-refractivity contribution in [3.8, 4) is 0 Å². The Morgan fingerprint density at radius 1 is 1.29 bits per heavy atom. The maximum Gasteiger partial charge on any atom is 0.246 e. The number of hydrogen-bond donors (Lipinski definition) is 1. The lowest BCUT2D eigenvalue weighted by Gasteiger charge is -2.28. The summed E-state index contributed by atoms with van der Waals surface area (Å²) in [5.41, 5.74) is 0. The Labute approximate surface area is 126 Å². The largest absolute Gasteiger partial charge is 0.462 e. The second-order valence-corrected chi connectivity index (χ2v) is 8.02. The third-order valence-electron chi connectivity index (χ3n) is 4.86. The molecule has 1 aliphatic carbocycles. The third-order valence-corrected chi connectivity index (χ3v) is 6.89. The van der Waals surface area contributed by atoms with E-state index in [4.69, 9.17) is 9.52 Å². The minimum absolute atomic E-state index is 0.143. The van der Waals surface area contributed by atoms with Crippen LogP contribution in [0, 0.1) is 12.8 Å². The topological polar surface area (TPSA) is 70.8 Å². The molecule has 1 aromatic rings. The standard InChI is InChI=1S/C15H23NO4S/c1-11-15(9-13(10-17)20-11)21(18,19)16-8-4-7-14(16)12-5-2-3-6-12/h9,12,14,17H,2-8,10H2,1H3. The Hall–Kier alpha value is -0.850. The van der Waals surface area contributed by atoms with Crippen LogP contribution in [0.5, 0.6) is 0 Å². The molecule has 1 atom stereocenters. The van der Waals surface area contributed by atoms with Gasteiger partial charge in [-0.15, -0.1) is 0 Å². The van der Waals surface area contributed by atoms with Gasteiger partial charge in [-0.2, -0.15) is 4.31 Å². The van der Waals surface area contributed by atoms with Crippen molar-refractivity contribution < 1.29 is 17.9 Å². The minimum Gasteiger partial charge on any atom is -0.462 e. The molecule has 6 heteroatoms. The van der Waals surface area contributed by atoms with Gasteiger partial charge in [0.25, 0.3) is 0 Å². The summed E-state index contributed by atoms with van der Waals surface area (Å²) in [6.45, 7) is 1.97. The number of sulfonamides is 1. The summed E-state index contributed by atoms with van der Waals surface area (Å²) < 4.78 is 32.9. The van der Waals surface area contributed by atoms with E-state index in [0.717, 1.165) is 25.7 Å². The van der Waals surface area contributed by atoms with Gasteiger partial charge in [-0.25, -0.2) is 8.42 Å². The van der Waals surface area contributed by atoms with Gasteiger partial charge >= 0.3 is 0 Å². The van der Waals surface area contributed by atoms with Crippen molar-refractivity contribution in [2.75, 3.05) is 6.54 Å². The molecule has 2 aliphatic rings. The Balaban J connectivity index is 1.90. The number of aliphatic hydroxyl groups excluding tert-OH is 1. The summed E-state index contributed by atoms with van der Waals surface area (Å²) in [6, 6.07) is 1.61. The van der Waals surface area contributed by atoms with Gasteiger partial charge < -0.3 is 9.52 Å². The van der Waals surface area contributed by atoms with Crippen LogP contribution in [0.1, 0.15) is 50.0 Å². The van der Waals surface area contributed by atoms with E-state index < -0.39 is 10.0 Å². The van der Waals surface area contributed by atoms with Crippen LogP contribution in [0.25, 0.3) is 0 Å². The molecule has 0 radical (unpaired) electrons. The van der Waals surface area contributed by atoms with Crippen molar-refractivity contribution in [1.29, 1.82) is 0 Å². The maximum absolute atomic E-state index is 12.9. The van der Waals surface area contributed by atoms with E-state index in [0.29, 0.717) is 24.0 Å². The molecule has 3 rings (SSSR count). The Morgan fingerprint density at radius 3 is 2.62 bits per heavy atom. The van der Waals surface area contributed by atoms with Gasteiger partial charge in [0.1, 0.15) is 23.0 Å². The van der Waals surface area contributed by atoms with E-state index in [2.05, 4.69) is 0 Å². The zero-order valence-electron chi connectivity index (χ0n) is 12.4. The first kappa shape index (κ1) is 15.1. The van der Waals surface area contributed by atoms with Crippen LogP contribution < -0.4 is 0 Å². The molecular weight excluding hydrogens is 290 g/mol. The molecule has 0 aromatic carbocycles. The summed E-state index contributed by atoms with van der Waals surface area (Å²) in [4.78, 5) is 0.219. The van der Waals surface area contributed by atoms with E-state index in [1.165, 1.54) is 18.9 Å². The summed E-state index contributed by atoms with van der Waals surface area (Å²) >= 11 is 0. The third kappa shape index (κ3) is 2.64. The molecule has 1 saturated carbocycles. The maximum atomic E-state index is 12.9. The molecule has 2 fully saturated rings. The van der Waals surface area contributed by atoms with E-state index in [9.17, 15) is 8.42 Å². The molecule has 1 unspecified atom stereocenters. The molecule has 1 N–H and O–H groups in total. The van der Waals surface area contributed by atoms with Crippen LogP contribution in [-0.4, -0.2) is 30.4 Å². The monoisotopic (exact) mass is 313 g/mol. The summed E-state index contributed by atoms with van der Waals surface area (Å²) in [6.07, 6.45) is 6.62. The molecule has 2 heterocycles. The number of hydrogen-bond acceptors (Lipinski definition) is 4. The highest BCUT2D eigenvalue weighted by atomic mass is 32.2. The lowest BCUT2D eigenvalue weighted by atomic mass is 9.97. The van der Waals surface area contributed by atoms with Crippen LogP contribution >= 0.6 is 0 Å². The van der Waals surface area contributed by atoms with Crippen molar-refractivity contribution in [1.82, 2.24) is 4.31 Å². The number of rotatable bonds is 4. The molecule has 0 spiro atoms. The van der Waals surface area contributed by atoms with Gasteiger partial charge in [0.15, 0.2) is 0 Å². The van der Waals surface area contributed by atoms with Gasteiger partial charge in [-0.1, -0.05) is 12.8 Å². The quantitative estimate of drug-likeness (QED) is 0.926. The summed E-state index contributed by atoms with van der Waals surface area (Å²) in [5.74, 6) is 1.19. The Morgan fingerprint density at radius 2 is 2.00 bits per heavy atom. The molecule has 0 bridgehead atoms. The second-order valence-electron chi connectivity index (χ2n) is 6.16. The van der Waals surface area contributed by atoms with E-state index in [-0.39, 0.29) is 17.5 Å². The first-order valence-electron chi connectivity index (χ1n) is 7.76. The highest BCUT2D eigenvalue weighted by Gasteiger charge is 2.41. The van der Waals surface area contributed by atoms with Gasteiger partial charge in [0, 0.05) is 18.7 Å². The zero-order chi connectivity index (χ0) is 15.0. The Kier molecular flexibility index (Phi) is 4.12. The fourth-order valence-electron chi connectivity index (χ4n) is 3.86. The highest BCUT2D eigenvalue weighted by molar-refractivity contribution is 7.89. The Bertz CT molecular complexity index is 601. The van der Waals surface area contributed by atoms with Crippen LogP contribution in [0.2, 0.25) is 0 Å². The smallest absolute Gasteiger partial charge is 0.246 e. The fourth-order valence-corrected chi connectivity index (χ4v) is 5.80. The van der Waals surface area contributed by atoms with Crippen LogP contribution in [-0.2, 0) is 16.6 Å². The van der Waals surface area contributed by atoms with Crippen molar-refractivity contribution >= 4 is 10.0 Å². The number of aliphatic hydroxyl groups is 1. The van der Waals surface area contributed by atoms with Crippen LogP contribution in [0.15, 0.2) is 15.4 Å². The highest BCUT2D eigenvalue weighted by Crippen LogP contribution is 2.38. The predicted octanol–water partition coefficient (Wildman–Crippen LogP) is 2.42. The molecule has 118 valence electrons. The molecule has 21 heavy (non-hydrogen) atoms. The van der Waals surface area contributed by atoms with Crippen molar-refractivity contribution in [2.45, 2.75) is 63.0 Å². The second kappa shape index (κ2) is 5.74. The van der Waals surface area contributed by atoms with Gasteiger partial charge in [0.2, 0.25) is 10.0 Å². The first-order valence-corrected chi connectivity index (χ1v) is 9.20. The molecule has 1 aliphatic heterocycles. The molecule has 5 nitrogen and oxygen atoms in total. The van der Waals surface area contributed by atoms with Crippen molar-refractivity contribution in [3.05, 3.63) is 17.6 Å². The number of furan rings is 1. The number of aryl methyl sites for hydroxylation is 1. The number of nitrogens with zero attached hydrogens (tertiary/aromatic N) is 1. The van der Waals surface area contributed by atoms with Gasteiger partial charge in [-0.3, -0.25) is 0 Å². The molecule has 1 saturated heterocycles. The lowest BCUT2D eigenvalue weighted by molar-refractivity contribution is 0.244. The minimum atomic E-state index is -3.52.